The summed E-state index contributed by atoms with van der Waals surface area (Å²) in [6.07, 6.45) is 4.19. The van der Waals surface area contributed by atoms with Crippen LogP contribution in [0.1, 0.15) is 29.9 Å². The van der Waals surface area contributed by atoms with Gasteiger partial charge in [-0.2, -0.15) is 0 Å². The molecular weight excluding hydrogens is 452 g/mol. The molecule has 2 N–H and O–H groups in total. The number of nitrogens with one attached hydrogen (secondary N) is 1. The number of ether oxygens (including phenoxy) is 1. The van der Waals surface area contributed by atoms with E-state index in [0.717, 1.165) is 11.1 Å². The van der Waals surface area contributed by atoms with Crippen LogP contribution in [0, 0.1) is 5.92 Å². The van der Waals surface area contributed by atoms with Crippen molar-refractivity contribution in [2.24, 2.45) is 5.92 Å². The number of rotatable bonds is 5. The monoisotopic (exact) mass is 478 g/mol. The fourth-order valence-corrected chi connectivity index (χ4v) is 6.24. The molecule has 8 heteroatoms. The van der Waals surface area contributed by atoms with E-state index in [0.29, 0.717) is 24.5 Å². The van der Waals surface area contributed by atoms with Gasteiger partial charge in [-0.15, -0.1) is 11.8 Å². The van der Waals surface area contributed by atoms with Gasteiger partial charge in [0.25, 0.3) is 0 Å². The molecular formula is C26H26N2O5S. The smallest absolute Gasteiger partial charge is 0.407 e. The Bertz CT molecular complexity index is 1100. The summed E-state index contributed by atoms with van der Waals surface area (Å²) in [6, 6.07) is 15.2. The van der Waals surface area contributed by atoms with Crippen LogP contribution < -0.4 is 5.32 Å². The first-order chi connectivity index (χ1) is 16.5. The standard InChI is InChI=1S/C26H26N2O5S/c29-24(28-15-34-14-23(28)25(30)31)16-6-5-7-17(12-16)27-26(32)33-13-22-20-10-3-1-8-18(20)19-9-2-4-11-21(19)22/h1-5,7-11,16-17,22-23H,6,12-15H2,(H,27,32)(H,30,31). The molecule has 0 saturated carbocycles. The lowest BCUT2D eigenvalue weighted by Gasteiger charge is -2.29. The van der Waals surface area contributed by atoms with Crippen LogP contribution in [0.2, 0.25) is 0 Å². The number of carbonyl (C=O) groups is 3. The number of fused-ring (bicyclic) bond motifs is 3. The maximum Gasteiger partial charge on any atom is 0.407 e. The Morgan fingerprint density at radius 2 is 1.74 bits per heavy atom. The first-order valence-corrected chi connectivity index (χ1v) is 12.6. The van der Waals surface area contributed by atoms with E-state index in [4.69, 9.17) is 4.74 Å². The summed E-state index contributed by atoms with van der Waals surface area (Å²) < 4.78 is 5.63. The molecule has 34 heavy (non-hydrogen) atoms. The Balaban J connectivity index is 1.19. The number of amides is 2. The SMILES string of the molecule is O=C(NC1C=CCC(C(=O)N2CSCC2C(=O)O)C1)OCC1c2ccccc2-c2ccccc21. The van der Waals surface area contributed by atoms with Crippen molar-refractivity contribution in [3.63, 3.8) is 0 Å². The molecule has 5 rings (SSSR count). The molecule has 1 aliphatic heterocycles. The molecule has 2 aliphatic carbocycles. The minimum absolute atomic E-state index is 0.0185. The summed E-state index contributed by atoms with van der Waals surface area (Å²) in [5, 5.41) is 12.2. The maximum atomic E-state index is 13.0. The lowest BCUT2D eigenvalue weighted by Crippen LogP contribution is -2.47. The Morgan fingerprint density at radius 1 is 1.06 bits per heavy atom. The number of benzene rings is 2. The van der Waals surface area contributed by atoms with E-state index in [2.05, 4.69) is 29.6 Å². The van der Waals surface area contributed by atoms with Gasteiger partial charge in [-0.3, -0.25) is 4.79 Å². The molecule has 7 nitrogen and oxygen atoms in total. The Hall–Kier alpha value is -3.26. The summed E-state index contributed by atoms with van der Waals surface area (Å²) in [7, 11) is 0. The largest absolute Gasteiger partial charge is 0.480 e. The topological polar surface area (TPSA) is 95.9 Å². The van der Waals surface area contributed by atoms with Crippen molar-refractivity contribution in [3.8, 4) is 11.1 Å². The van der Waals surface area contributed by atoms with Gasteiger partial charge in [0, 0.05) is 17.6 Å². The zero-order chi connectivity index (χ0) is 23.7. The van der Waals surface area contributed by atoms with Crippen LogP contribution in [-0.4, -0.2) is 58.3 Å². The summed E-state index contributed by atoms with van der Waals surface area (Å²) >= 11 is 1.45. The van der Waals surface area contributed by atoms with E-state index in [1.54, 1.807) is 0 Å². The molecule has 1 saturated heterocycles. The van der Waals surface area contributed by atoms with Crippen molar-refractivity contribution in [1.29, 1.82) is 0 Å². The Morgan fingerprint density at radius 3 is 2.41 bits per heavy atom. The second-order valence-corrected chi connectivity index (χ2v) is 9.83. The number of allylic oxidation sites excluding steroid dienone is 1. The van der Waals surface area contributed by atoms with Gasteiger partial charge in [0.1, 0.15) is 12.6 Å². The van der Waals surface area contributed by atoms with Crippen LogP contribution in [0.15, 0.2) is 60.7 Å². The second kappa shape index (κ2) is 9.54. The van der Waals surface area contributed by atoms with Crippen LogP contribution >= 0.6 is 11.8 Å². The number of carbonyl (C=O) groups excluding carboxylic acids is 2. The number of alkyl carbamates (subject to hydrolysis) is 1. The number of carboxylic acids is 1. The Labute approximate surface area is 202 Å². The third-order valence-electron chi connectivity index (χ3n) is 6.77. The quantitative estimate of drug-likeness (QED) is 0.634. The fourth-order valence-electron chi connectivity index (χ4n) is 5.09. The van der Waals surface area contributed by atoms with Gasteiger partial charge in [-0.1, -0.05) is 60.7 Å². The van der Waals surface area contributed by atoms with E-state index in [-0.39, 0.29) is 30.4 Å². The van der Waals surface area contributed by atoms with E-state index >= 15 is 0 Å². The van der Waals surface area contributed by atoms with Crippen LogP contribution in [0.25, 0.3) is 11.1 Å². The summed E-state index contributed by atoms with van der Waals surface area (Å²) in [4.78, 5) is 38.5. The lowest BCUT2D eigenvalue weighted by atomic mass is 9.89. The molecule has 3 atom stereocenters. The molecule has 0 aromatic heterocycles. The molecule has 0 spiro atoms. The average molecular weight is 479 g/mol. The normalized spacial score (nSPS) is 23.3. The van der Waals surface area contributed by atoms with E-state index in [1.807, 2.05) is 36.4 Å². The number of hydrogen-bond donors (Lipinski definition) is 2. The molecule has 2 amide bonds. The highest BCUT2D eigenvalue weighted by atomic mass is 32.2. The highest BCUT2D eigenvalue weighted by Gasteiger charge is 2.38. The van der Waals surface area contributed by atoms with Crippen LogP contribution in [0.4, 0.5) is 4.79 Å². The van der Waals surface area contributed by atoms with Gasteiger partial charge in [-0.05, 0) is 35.1 Å². The van der Waals surface area contributed by atoms with Gasteiger partial charge in [-0.25, -0.2) is 9.59 Å². The fraction of sp³-hybridized carbons (Fsp3) is 0.346. The van der Waals surface area contributed by atoms with E-state index in [9.17, 15) is 19.5 Å². The molecule has 1 fully saturated rings. The zero-order valence-corrected chi connectivity index (χ0v) is 19.4. The number of thioether (sulfide) groups is 1. The van der Waals surface area contributed by atoms with Crippen molar-refractivity contribution < 1.29 is 24.2 Å². The first kappa shape index (κ1) is 22.5. The van der Waals surface area contributed by atoms with Gasteiger partial charge >= 0.3 is 12.1 Å². The second-order valence-electron chi connectivity index (χ2n) is 8.83. The van der Waals surface area contributed by atoms with Crippen LogP contribution in [0.5, 0.6) is 0 Å². The molecule has 0 radical (unpaired) electrons. The van der Waals surface area contributed by atoms with Crippen molar-refractivity contribution in [2.45, 2.75) is 30.8 Å². The molecule has 0 bridgehead atoms. The molecule has 176 valence electrons. The van der Waals surface area contributed by atoms with Gasteiger partial charge < -0.3 is 20.1 Å². The Kier molecular flexibility index (Phi) is 6.32. The van der Waals surface area contributed by atoms with E-state index in [1.165, 1.54) is 27.8 Å². The maximum absolute atomic E-state index is 13.0. The third-order valence-corrected chi connectivity index (χ3v) is 7.79. The molecule has 3 unspecified atom stereocenters. The predicted molar refractivity (Wildman–Crippen MR) is 129 cm³/mol. The van der Waals surface area contributed by atoms with Gasteiger partial charge in [0.15, 0.2) is 0 Å². The predicted octanol–water partition coefficient (Wildman–Crippen LogP) is 3.85. The van der Waals surface area contributed by atoms with Crippen LogP contribution in [-0.2, 0) is 14.3 Å². The first-order valence-electron chi connectivity index (χ1n) is 11.4. The number of hydrogen-bond acceptors (Lipinski definition) is 5. The van der Waals surface area contributed by atoms with Crippen molar-refractivity contribution >= 4 is 29.7 Å². The molecule has 2 aromatic carbocycles. The number of carboxylic acid groups (broad SMARTS) is 1. The van der Waals surface area contributed by atoms with Crippen molar-refractivity contribution in [1.82, 2.24) is 10.2 Å². The third kappa shape index (κ3) is 4.30. The number of nitrogens with zero attached hydrogens (tertiary/aromatic N) is 1. The lowest BCUT2D eigenvalue weighted by molar-refractivity contribution is -0.149. The minimum atomic E-state index is -0.974. The van der Waals surface area contributed by atoms with Crippen LogP contribution in [0.3, 0.4) is 0 Å². The van der Waals surface area contributed by atoms with E-state index < -0.39 is 18.1 Å². The van der Waals surface area contributed by atoms with Gasteiger partial charge in [0.2, 0.25) is 5.91 Å². The molecule has 1 heterocycles. The van der Waals surface area contributed by atoms with Crippen molar-refractivity contribution in [2.75, 3.05) is 18.2 Å². The highest BCUT2D eigenvalue weighted by molar-refractivity contribution is 7.99. The zero-order valence-electron chi connectivity index (χ0n) is 18.6. The summed E-state index contributed by atoms with van der Waals surface area (Å²) in [5.74, 6) is -0.718. The average Bonchev–Trinajstić information content (AvgIpc) is 3.46. The molecule has 3 aliphatic rings. The minimum Gasteiger partial charge on any atom is -0.480 e. The molecule has 2 aromatic rings. The van der Waals surface area contributed by atoms with Gasteiger partial charge in [0.05, 0.1) is 11.9 Å². The summed E-state index contributed by atoms with van der Waals surface area (Å²) in [5.41, 5.74) is 4.64. The van der Waals surface area contributed by atoms with Crippen molar-refractivity contribution in [3.05, 3.63) is 71.8 Å². The highest BCUT2D eigenvalue weighted by Crippen LogP contribution is 2.44. The number of aliphatic carboxylic acids is 1. The summed E-state index contributed by atoms with van der Waals surface area (Å²) in [6.45, 7) is 0.226.